The molecular weight excluding hydrogens is 198 g/mol. The molecule has 0 aliphatic heterocycles. The standard InChI is InChI=1S/C13H15N3/c1-3-11-9-10(2)14-13(15-11)16-12-7-5-4-6-8-12/h4-9H,3H2,1-2H3,(H,14,15,16). The molecule has 3 nitrogen and oxygen atoms in total. The van der Waals surface area contributed by atoms with Gasteiger partial charge in [0.05, 0.1) is 0 Å². The Morgan fingerprint density at radius 2 is 1.88 bits per heavy atom. The Morgan fingerprint density at radius 1 is 1.12 bits per heavy atom. The first-order chi connectivity index (χ1) is 7.78. The second kappa shape index (κ2) is 4.75. The molecule has 0 saturated heterocycles. The predicted molar refractivity (Wildman–Crippen MR) is 65.9 cm³/mol. The molecule has 0 saturated carbocycles. The maximum absolute atomic E-state index is 4.43. The molecule has 1 aromatic heterocycles. The fourth-order valence-electron chi connectivity index (χ4n) is 1.52. The molecule has 1 aromatic carbocycles. The molecule has 1 heterocycles. The molecule has 0 atom stereocenters. The monoisotopic (exact) mass is 213 g/mol. The van der Waals surface area contributed by atoms with Crippen molar-refractivity contribution in [3.05, 3.63) is 47.8 Å². The molecule has 16 heavy (non-hydrogen) atoms. The lowest BCUT2D eigenvalue weighted by atomic mass is 10.3. The SMILES string of the molecule is CCc1cc(C)nc(Nc2ccccc2)n1. The Kier molecular flexibility index (Phi) is 3.15. The fourth-order valence-corrected chi connectivity index (χ4v) is 1.52. The summed E-state index contributed by atoms with van der Waals surface area (Å²) in [6.07, 6.45) is 0.923. The van der Waals surface area contributed by atoms with Gasteiger partial charge in [-0.15, -0.1) is 0 Å². The number of para-hydroxylation sites is 1. The van der Waals surface area contributed by atoms with Gasteiger partial charge in [-0.05, 0) is 31.5 Å². The molecule has 0 aliphatic carbocycles. The van der Waals surface area contributed by atoms with Crippen LogP contribution in [0, 0.1) is 6.92 Å². The Labute approximate surface area is 95.6 Å². The summed E-state index contributed by atoms with van der Waals surface area (Å²) in [4.78, 5) is 8.78. The van der Waals surface area contributed by atoms with Gasteiger partial charge < -0.3 is 5.32 Å². The highest BCUT2D eigenvalue weighted by Crippen LogP contribution is 2.13. The largest absolute Gasteiger partial charge is 0.324 e. The number of anilines is 2. The van der Waals surface area contributed by atoms with Crippen molar-refractivity contribution in [3.63, 3.8) is 0 Å². The highest BCUT2D eigenvalue weighted by Gasteiger charge is 2.00. The summed E-state index contributed by atoms with van der Waals surface area (Å²) in [7, 11) is 0. The minimum Gasteiger partial charge on any atom is -0.324 e. The van der Waals surface area contributed by atoms with Crippen LogP contribution in [-0.2, 0) is 6.42 Å². The van der Waals surface area contributed by atoms with Gasteiger partial charge in [-0.25, -0.2) is 9.97 Å². The van der Waals surface area contributed by atoms with Crippen LogP contribution in [-0.4, -0.2) is 9.97 Å². The molecule has 0 radical (unpaired) electrons. The van der Waals surface area contributed by atoms with Gasteiger partial charge in [0.15, 0.2) is 0 Å². The van der Waals surface area contributed by atoms with Crippen molar-refractivity contribution in [2.24, 2.45) is 0 Å². The molecule has 0 spiro atoms. The highest BCUT2D eigenvalue weighted by molar-refractivity contribution is 5.52. The Bertz CT molecular complexity index is 466. The first-order valence-electron chi connectivity index (χ1n) is 5.44. The Balaban J connectivity index is 2.24. The van der Waals surface area contributed by atoms with E-state index < -0.39 is 0 Å². The average Bonchev–Trinajstić information content (AvgIpc) is 2.29. The third kappa shape index (κ3) is 2.57. The number of nitrogens with one attached hydrogen (secondary N) is 1. The number of hydrogen-bond donors (Lipinski definition) is 1. The van der Waals surface area contributed by atoms with Gasteiger partial charge in [0.25, 0.3) is 0 Å². The molecule has 0 unspecified atom stereocenters. The summed E-state index contributed by atoms with van der Waals surface area (Å²) < 4.78 is 0. The number of aromatic nitrogens is 2. The van der Waals surface area contributed by atoms with E-state index in [1.54, 1.807) is 0 Å². The lowest BCUT2D eigenvalue weighted by Gasteiger charge is -2.06. The molecule has 82 valence electrons. The molecule has 2 aromatic rings. The molecule has 2 rings (SSSR count). The van der Waals surface area contributed by atoms with Crippen molar-refractivity contribution in [2.45, 2.75) is 20.3 Å². The molecule has 0 aliphatic rings. The van der Waals surface area contributed by atoms with Crippen LogP contribution in [0.1, 0.15) is 18.3 Å². The molecule has 3 heteroatoms. The van der Waals surface area contributed by atoms with Gasteiger partial charge in [0.1, 0.15) is 0 Å². The summed E-state index contributed by atoms with van der Waals surface area (Å²) in [5, 5.41) is 3.20. The number of benzene rings is 1. The third-order valence-electron chi connectivity index (χ3n) is 2.30. The second-order valence-corrected chi connectivity index (χ2v) is 3.67. The van der Waals surface area contributed by atoms with Crippen LogP contribution in [0.25, 0.3) is 0 Å². The number of nitrogens with zero attached hydrogens (tertiary/aromatic N) is 2. The van der Waals surface area contributed by atoms with Crippen molar-refractivity contribution >= 4 is 11.6 Å². The predicted octanol–water partition coefficient (Wildman–Crippen LogP) is 3.09. The van der Waals surface area contributed by atoms with Crippen LogP contribution in [0.3, 0.4) is 0 Å². The van der Waals surface area contributed by atoms with Crippen LogP contribution in [0.5, 0.6) is 0 Å². The van der Waals surface area contributed by atoms with E-state index in [0.29, 0.717) is 5.95 Å². The lowest BCUT2D eigenvalue weighted by Crippen LogP contribution is -2.01. The van der Waals surface area contributed by atoms with E-state index in [-0.39, 0.29) is 0 Å². The molecule has 1 N–H and O–H groups in total. The zero-order valence-corrected chi connectivity index (χ0v) is 9.57. The smallest absolute Gasteiger partial charge is 0.227 e. The van der Waals surface area contributed by atoms with Gasteiger partial charge in [0, 0.05) is 17.1 Å². The van der Waals surface area contributed by atoms with E-state index in [1.165, 1.54) is 0 Å². The zero-order chi connectivity index (χ0) is 11.4. The zero-order valence-electron chi connectivity index (χ0n) is 9.57. The summed E-state index contributed by atoms with van der Waals surface area (Å²) in [5.74, 6) is 0.669. The van der Waals surface area contributed by atoms with E-state index in [4.69, 9.17) is 0 Å². The van der Waals surface area contributed by atoms with Crippen molar-refractivity contribution in [1.29, 1.82) is 0 Å². The topological polar surface area (TPSA) is 37.8 Å². The second-order valence-electron chi connectivity index (χ2n) is 3.67. The fraction of sp³-hybridized carbons (Fsp3) is 0.231. The maximum Gasteiger partial charge on any atom is 0.227 e. The first kappa shape index (κ1) is 10.6. The van der Waals surface area contributed by atoms with Crippen LogP contribution < -0.4 is 5.32 Å². The van der Waals surface area contributed by atoms with Crippen LogP contribution in [0.2, 0.25) is 0 Å². The summed E-state index contributed by atoms with van der Waals surface area (Å²) in [5.41, 5.74) is 3.06. The van der Waals surface area contributed by atoms with Gasteiger partial charge in [-0.2, -0.15) is 0 Å². The summed E-state index contributed by atoms with van der Waals surface area (Å²) in [6, 6.07) is 12.0. The molecule has 0 amide bonds. The maximum atomic E-state index is 4.43. The van der Waals surface area contributed by atoms with E-state index in [0.717, 1.165) is 23.5 Å². The van der Waals surface area contributed by atoms with Crippen molar-refractivity contribution < 1.29 is 0 Å². The van der Waals surface area contributed by atoms with Crippen LogP contribution in [0.15, 0.2) is 36.4 Å². The number of aryl methyl sites for hydroxylation is 2. The summed E-state index contributed by atoms with van der Waals surface area (Å²) >= 11 is 0. The Morgan fingerprint density at radius 3 is 2.56 bits per heavy atom. The Hall–Kier alpha value is -1.90. The lowest BCUT2D eigenvalue weighted by molar-refractivity contribution is 0.982. The van der Waals surface area contributed by atoms with Crippen molar-refractivity contribution in [2.75, 3.05) is 5.32 Å². The molecular formula is C13H15N3. The van der Waals surface area contributed by atoms with Gasteiger partial charge in [-0.1, -0.05) is 25.1 Å². The average molecular weight is 213 g/mol. The van der Waals surface area contributed by atoms with Gasteiger partial charge in [-0.3, -0.25) is 0 Å². The minimum atomic E-state index is 0.669. The highest BCUT2D eigenvalue weighted by atomic mass is 15.1. The van der Waals surface area contributed by atoms with Crippen molar-refractivity contribution in [3.8, 4) is 0 Å². The minimum absolute atomic E-state index is 0.669. The molecule has 0 bridgehead atoms. The quantitative estimate of drug-likeness (QED) is 0.851. The van der Waals surface area contributed by atoms with Crippen LogP contribution in [0.4, 0.5) is 11.6 Å². The summed E-state index contributed by atoms with van der Waals surface area (Å²) in [6.45, 7) is 4.07. The van der Waals surface area contributed by atoms with Crippen molar-refractivity contribution in [1.82, 2.24) is 9.97 Å². The van der Waals surface area contributed by atoms with Crippen LogP contribution >= 0.6 is 0 Å². The molecule has 0 fully saturated rings. The van der Waals surface area contributed by atoms with Gasteiger partial charge in [0.2, 0.25) is 5.95 Å². The third-order valence-corrected chi connectivity index (χ3v) is 2.30. The van der Waals surface area contributed by atoms with E-state index >= 15 is 0 Å². The number of hydrogen-bond acceptors (Lipinski definition) is 3. The van der Waals surface area contributed by atoms with E-state index in [1.807, 2.05) is 43.3 Å². The van der Waals surface area contributed by atoms with E-state index in [2.05, 4.69) is 22.2 Å². The number of rotatable bonds is 3. The van der Waals surface area contributed by atoms with Gasteiger partial charge >= 0.3 is 0 Å². The normalized spacial score (nSPS) is 10.1. The van der Waals surface area contributed by atoms with E-state index in [9.17, 15) is 0 Å². The first-order valence-corrected chi connectivity index (χ1v) is 5.44.